The van der Waals surface area contributed by atoms with E-state index in [-0.39, 0.29) is 17.9 Å². The molecule has 2 aliphatic heterocycles. The third-order valence-electron chi connectivity index (χ3n) is 5.66. The lowest BCUT2D eigenvalue weighted by atomic mass is 10.1. The van der Waals surface area contributed by atoms with E-state index in [0.29, 0.717) is 39.2 Å². The molecule has 4 rings (SSSR count). The number of amides is 2. The van der Waals surface area contributed by atoms with Gasteiger partial charge < -0.3 is 19.5 Å². The van der Waals surface area contributed by atoms with Gasteiger partial charge in [0.1, 0.15) is 6.10 Å². The van der Waals surface area contributed by atoms with Crippen molar-refractivity contribution >= 4 is 22.7 Å². The number of hydrogen-bond donors (Lipinski definition) is 1. The Balaban J connectivity index is 1.22. The van der Waals surface area contributed by atoms with Gasteiger partial charge in [-0.3, -0.25) is 9.59 Å². The van der Waals surface area contributed by atoms with E-state index in [1.165, 1.54) is 10.9 Å². The maximum absolute atomic E-state index is 12.5. The summed E-state index contributed by atoms with van der Waals surface area (Å²) in [6.07, 6.45) is 5.87. The lowest BCUT2D eigenvalue weighted by Crippen LogP contribution is -2.52. The summed E-state index contributed by atoms with van der Waals surface area (Å²) in [4.78, 5) is 31.9. The molecule has 0 unspecified atom stereocenters. The topological polar surface area (TPSA) is 65.6 Å². The molecule has 1 N–H and O–H groups in total. The lowest BCUT2D eigenvalue weighted by Gasteiger charge is -2.35. The van der Waals surface area contributed by atoms with Gasteiger partial charge in [0.2, 0.25) is 5.91 Å². The number of carbonyl (C=O) groups excluding carboxylic acids is 2. The first-order valence-electron chi connectivity index (χ1n) is 9.95. The summed E-state index contributed by atoms with van der Waals surface area (Å²) in [6.45, 7) is 3.18. The van der Waals surface area contributed by atoms with Crippen LogP contribution in [-0.2, 0) is 20.7 Å². The van der Waals surface area contributed by atoms with Crippen LogP contribution in [0.15, 0.2) is 30.5 Å². The van der Waals surface area contributed by atoms with Gasteiger partial charge in [0.25, 0.3) is 5.91 Å². The number of ether oxygens (including phenoxy) is 1. The standard InChI is InChI=1S/C21H27N3O3/c25-20(9-3-5-16-15-22-18-7-2-1-6-17(16)18)23-10-12-24(13-11-23)21(26)19-8-4-14-27-19/h1-2,6-7,15,19,22H,3-5,8-14H2/t19-/m1/s1. The maximum atomic E-state index is 12.5. The Bertz CT molecular complexity index is 802. The highest BCUT2D eigenvalue weighted by molar-refractivity contribution is 5.83. The number of hydrogen-bond acceptors (Lipinski definition) is 3. The average molecular weight is 369 g/mol. The number of aromatic amines is 1. The van der Waals surface area contributed by atoms with Gasteiger partial charge in [-0.25, -0.2) is 0 Å². The van der Waals surface area contributed by atoms with Crippen LogP contribution in [0, 0.1) is 0 Å². The first-order valence-corrected chi connectivity index (χ1v) is 9.95. The molecular formula is C21H27N3O3. The van der Waals surface area contributed by atoms with Gasteiger partial charge in [-0.1, -0.05) is 18.2 Å². The van der Waals surface area contributed by atoms with Gasteiger partial charge in [0.05, 0.1) is 0 Å². The molecule has 3 heterocycles. The quantitative estimate of drug-likeness (QED) is 0.880. The highest BCUT2D eigenvalue weighted by atomic mass is 16.5. The zero-order valence-corrected chi connectivity index (χ0v) is 15.7. The second-order valence-corrected chi connectivity index (χ2v) is 7.42. The molecular weight excluding hydrogens is 342 g/mol. The van der Waals surface area contributed by atoms with Gasteiger partial charge in [-0.05, 0) is 37.3 Å². The van der Waals surface area contributed by atoms with Crippen LogP contribution in [0.2, 0.25) is 0 Å². The number of aryl methyl sites for hydroxylation is 1. The van der Waals surface area contributed by atoms with Crippen molar-refractivity contribution in [1.82, 2.24) is 14.8 Å². The fraction of sp³-hybridized carbons (Fsp3) is 0.524. The van der Waals surface area contributed by atoms with Gasteiger partial charge in [-0.2, -0.15) is 0 Å². The number of piperazine rings is 1. The summed E-state index contributed by atoms with van der Waals surface area (Å²) in [5, 5.41) is 1.24. The molecule has 1 aromatic heterocycles. The zero-order valence-electron chi connectivity index (χ0n) is 15.7. The van der Waals surface area contributed by atoms with Gasteiger partial charge in [-0.15, -0.1) is 0 Å². The third kappa shape index (κ3) is 4.00. The predicted molar refractivity (Wildman–Crippen MR) is 103 cm³/mol. The molecule has 0 bridgehead atoms. The Hall–Kier alpha value is -2.34. The molecule has 2 fully saturated rings. The fourth-order valence-electron chi connectivity index (χ4n) is 4.08. The molecule has 0 radical (unpaired) electrons. The lowest BCUT2D eigenvalue weighted by molar-refractivity contribution is -0.146. The second kappa shape index (κ2) is 8.13. The van der Waals surface area contributed by atoms with E-state index in [9.17, 15) is 9.59 Å². The number of nitrogens with one attached hydrogen (secondary N) is 1. The highest BCUT2D eigenvalue weighted by Crippen LogP contribution is 2.20. The minimum Gasteiger partial charge on any atom is -0.368 e. The SMILES string of the molecule is O=C(CCCc1c[nH]c2ccccc12)N1CCN(C(=O)[C@H]2CCCO2)CC1. The molecule has 6 heteroatoms. The van der Waals surface area contributed by atoms with Gasteiger partial charge in [0, 0.05) is 56.3 Å². The number of aromatic nitrogens is 1. The summed E-state index contributed by atoms with van der Waals surface area (Å²) in [6, 6.07) is 8.26. The number of para-hydroxylation sites is 1. The maximum Gasteiger partial charge on any atom is 0.251 e. The van der Waals surface area contributed by atoms with E-state index in [1.54, 1.807) is 0 Å². The van der Waals surface area contributed by atoms with E-state index in [4.69, 9.17) is 4.74 Å². The van der Waals surface area contributed by atoms with Crippen molar-refractivity contribution in [2.45, 2.75) is 38.2 Å². The van der Waals surface area contributed by atoms with E-state index >= 15 is 0 Å². The van der Waals surface area contributed by atoms with Crippen LogP contribution in [0.5, 0.6) is 0 Å². The molecule has 2 aliphatic rings. The number of carbonyl (C=O) groups is 2. The molecule has 0 saturated carbocycles. The van der Waals surface area contributed by atoms with E-state index < -0.39 is 0 Å². The summed E-state index contributed by atoms with van der Waals surface area (Å²) in [7, 11) is 0. The van der Waals surface area contributed by atoms with Crippen molar-refractivity contribution in [1.29, 1.82) is 0 Å². The van der Waals surface area contributed by atoms with Crippen molar-refractivity contribution in [3.05, 3.63) is 36.0 Å². The predicted octanol–water partition coefficient (Wildman–Crippen LogP) is 2.34. The van der Waals surface area contributed by atoms with Crippen LogP contribution in [0.4, 0.5) is 0 Å². The summed E-state index contributed by atoms with van der Waals surface area (Å²) in [5.74, 6) is 0.290. The minimum absolute atomic E-state index is 0.0962. The number of H-pyrrole nitrogens is 1. The second-order valence-electron chi connectivity index (χ2n) is 7.42. The van der Waals surface area contributed by atoms with Crippen molar-refractivity contribution in [3.8, 4) is 0 Å². The first kappa shape index (κ1) is 18.0. The van der Waals surface area contributed by atoms with E-state index in [1.807, 2.05) is 28.1 Å². The molecule has 144 valence electrons. The third-order valence-corrected chi connectivity index (χ3v) is 5.66. The van der Waals surface area contributed by atoms with Crippen LogP contribution in [-0.4, -0.2) is 65.5 Å². The van der Waals surface area contributed by atoms with Crippen LogP contribution >= 0.6 is 0 Å². The molecule has 2 saturated heterocycles. The van der Waals surface area contributed by atoms with Gasteiger partial charge in [0.15, 0.2) is 0 Å². The van der Waals surface area contributed by atoms with Crippen molar-refractivity contribution in [2.24, 2.45) is 0 Å². The molecule has 1 atom stereocenters. The van der Waals surface area contributed by atoms with Crippen molar-refractivity contribution < 1.29 is 14.3 Å². The Morgan fingerprint density at radius 1 is 1.11 bits per heavy atom. The Kier molecular flexibility index (Phi) is 5.43. The molecule has 2 amide bonds. The number of nitrogens with zero attached hydrogens (tertiary/aromatic N) is 2. The van der Waals surface area contributed by atoms with Crippen molar-refractivity contribution in [3.63, 3.8) is 0 Å². The van der Waals surface area contributed by atoms with Crippen LogP contribution < -0.4 is 0 Å². The number of rotatable bonds is 5. The Morgan fingerprint density at radius 3 is 2.67 bits per heavy atom. The highest BCUT2D eigenvalue weighted by Gasteiger charge is 2.31. The monoisotopic (exact) mass is 369 g/mol. The zero-order chi connectivity index (χ0) is 18.6. The number of benzene rings is 1. The molecule has 0 spiro atoms. The van der Waals surface area contributed by atoms with Crippen LogP contribution in [0.1, 0.15) is 31.2 Å². The molecule has 1 aromatic carbocycles. The van der Waals surface area contributed by atoms with Crippen LogP contribution in [0.3, 0.4) is 0 Å². The van der Waals surface area contributed by atoms with Crippen LogP contribution in [0.25, 0.3) is 10.9 Å². The molecule has 0 aliphatic carbocycles. The smallest absolute Gasteiger partial charge is 0.251 e. The average Bonchev–Trinajstić information content (AvgIpc) is 3.38. The molecule has 2 aromatic rings. The Labute approximate surface area is 159 Å². The fourth-order valence-corrected chi connectivity index (χ4v) is 4.08. The molecule has 6 nitrogen and oxygen atoms in total. The number of fused-ring (bicyclic) bond motifs is 1. The summed E-state index contributed by atoms with van der Waals surface area (Å²) >= 11 is 0. The van der Waals surface area contributed by atoms with E-state index in [2.05, 4.69) is 17.1 Å². The van der Waals surface area contributed by atoms with Crippen molar-refractivity contribution in [2.75, 3.05) is 32.8 Å². The normalized spacial score (nSPS) is 20.4. The largest absolute Gasteiger partial charge is 0.368 e. The minimum atomic E-state index is -0.261. The first-order chi connectivity index (χ1) is 13.2. The van der Waals surface area contributed by atoms with E-state index in [0.717, 1.165) is 31.2 Å². The Morgan fingerprint density at radius 2 is 1.89 bits per heavy atom. The van der Waals surface area contributed by atoms with Gasteiger partial charge >= 0.3 is 0 Å². The summed E-state index contributed by atoms with van der Waals surface area (Å²) < 4.78 is 5.49. The summed E-state index contributed by atoms with van der Waals surface area (Å²) in [5.41, 5.74) is 2.41. The molecule has 27 heavy (non-hydrogen) atoms.